The van der Waals surface area contributed by atoms with Crippen molar-refractivity contribution >= 4 is 24.2 Å². The van der Waals surface area contributed by atoms with E-state index in [1.807, 2.05) is 0 Å². The van der Waals surface area contributed by atoms with Crippen LogP contribution in [-0.4, -0.2) is 5.91 Å². The first-order chi connectivity index (χ1) is 5.18. The van der Waals surface area contributed by atoms with Crippen molar-refractivity contribution in [1.82, 2.24) is 0 Å². The minimum absolute atomic E-state index is 0.0675. The summed E-state index contributed by atoms with van der Waals surface area (Å²) in [4.78, 5) is 11.3. The lowest BCUT2D eigenvalue weighted by Crippen LogP contribution is -2.04. The molecular weight excluding hydrogens is 158 g/mol. The molecule has 57 valence electrons. The monoisotopic (exact) mass is 166 g/mol. The Bertz CT molecular complexity index is 255. The number of rotatable bonds is 1. The van der Waals surface area contributed by atoms with Crippen LogP contribution in [0.25, 0.3) is 0 Å². The topological polar surface area (TPSA) is 29.1 Å². The summed E-state index contributed by atoms with van der Waals surface area (Å²) < 4.78 is 0. The molecule has 1 rings (SSSR count). The summed E-state index contributed by atoms with van der Waals surface area (Å²) in [5.41, 5.74) is 0.783. The Morgan fingerprint density at radius 3 is 2.36 bits per heavy atom. The molecule has 2 nitrogen and oxygen atoms in total. The number of carbonyl (C=O) groups is 1. The first-order valence-corrected chi connectivity index (χ1v) is 3.64. The zero-order chi connectivity index (χ0) is 8.27. The van der Waals surface area contributed by atoms with E-state index in [1.54, 1.807) is 24.3 Å². The van der Waals surface area contributed by atoms with E-state index in [4.69, 9.17) is 12.6 Å². The third-order valence-corrected chi connectivity index (χ3v) is 1.45. The summed E-state index contributed by atoms with van der Waals surface area (Å²) >= 11 is 4.87. The lowest BCUT2D eigenvalue weighted by molar-refractivity contribution is -0.114. The average molecular weight is 166 g/mol. The molecule has 11 heavy (non-hydrogen) atoms. The number of nitrogens with one attached hydrogen (secondary N) is 1. The first kappa shape index (κ1) is 8.01. The van der Waals surface area contributed by atoms with Crippen molar-refractivity contribution in [1.29, 1.82) is 0 Å². The third kappa shape index (κ3) is 2.55. The summed E-state index contributed by atoms with van der Waals surface area (Å²) in [5, 5.41) is 2.65. The highest BCUT2D eigenvalue weighted by Gasteiger charge is 1.93. The molecule has 0 aliphatic heterocycles. The fourth-order valence-corrected chi connectivity index (χ4v) is 0.878. The van der Waals surface area contributed by atoms with Gasteiger partial charge in [-0.15, -0.1) is 0 Å². The van der Waals surface area contributed by atoms with Gasteiger partial charge < -0.3 is 5.32 Å². The standard InChI is InChI=1S/C8H8NOS/c1-6(10)9-7-2-4-8(11)5-3-7/h2-5H,1H3,(H,9,10). The highest BCUT2D eigenvalue weighted by molar-refractivity contribution is 7.80. The van der Waals surface area contributed by atoms with Crippen LogP contribution in [0.1, 0.15) is 6.92 Å². The number of carbonyl (C=O) groups excluding carboxylic acids is 1. The van der Waals surface area contributed by atoms with Gasteiger partial charge in [-0.25, -0.2) is 0 Å². The summed E-state index contributed by atoms with van der Waals surface area (Å²) in [7, 11) is 0. The molecule has 0 fully saturated rings. The number of benzene rings is 1. The zero-order valence-corrected chi connectivity index (χ0v) is 6.94. The molecule has 0 atom stereocenters. The van der Waals surface area contributed by atoms with Gasteiger partial charge in [-0.05, 0) is 24.3 Å². The van der Waals surface area contributed by atoms with E-state index in [9.17, 15) is 4.79 Å². The van der Waals surface area contributed by atoms with Crippen molar-refractivity contribution < 1.29 is 4.79 Å². The van der Waals surface area contributed by atoms with Gasteiger partial charge in [0, 0.05) is 17.5 Å². The SMILES string of the molecule is CC(=O)Nc1ccc([S])cc1. The molecule has 0 unspecified atom stereocenters. The van der Waals surface area contributed by atoms with Gasteiger partial charge in [0.15, 0.2) is 0 Å². The number of hydrogen-bond acceptors (Lipinski definition) is 1. The Labute approximate surface area is 71.0 Å². The predicted octanol–water partition coefficient (Wildman–Crippen LogP) is 2.20. The lowest BCUT2D eigenvalue weighted by Gasteiger charge is -1.99. The zero-order valence-electron chi connectivity index (χ0n) is 6.13. The second-order valence-corrected chi connectivity index (χ2v) is 2.68. The van der Waals surface area contributed by atoms with Gasteiger partial charge in [0.1, 0.15) is 0 Å². The van der Waals surface area contributed by atoms with Crippen LogP contribution >= 0.6 is 12.6 Å². The van der Waals surface area contributed by atoms with Gasteiger partial charge in [0.05, 0.1) is 0 Å². The van der Waals surface area contributed by atoms with Gasteiger partial charge in [0.25, 0.3) is 0 Å². The van der Waals surface area contributed by atoms with E-state index in [-0.39, 0.29) is 5.91 Å². The molecule has 0 heterocycles. The van der Waals surface area contributed by atoms with Crippen LogP contribution in [-0.2, 0) is 4.79 Å². The first-order valence-electron chi connectivity index (χ1n) is 3.23. The Morgan fingerprint density at radius 1 is 1.36 bits per heavy atom. The quantitative estimate of drug-likeness (QED) is 0.680. The van der Waals surface area contributed by atoms with Crippen LogP contribution in [0.15, 0.2) is 29.2 Å². The van der Waals surface area contributed by atoms with Crippen LogP contribution in [0.5, 0.6) is 0 Å². The normalized spacial score (nSPS) is 9.18. The van der Waals surface area contributed by atoms with Crippen molar-refractivity contribution in [2.45, 2.75) is 11.8 Å². The van der Waals surface area contributed by atoms with E-state index in [2.05, 4.69) is 5.32 Å². The molecule has 1 N–H and O–H groups in total. The van der Waals surface area contributed by atoms with Gasteiger partial charge >= 0.3 is 0 Å². The molecule has 0 aromatic heterocycles. The van der Waals surface area contributed by atoms with Crippen molar-refractivity contribution in [3.05, 3.63) is 24.3 Å². The van der Waals surface area contributed by atoms with E-state index >= 15 is 0 Å². The molecule has 1 aromatic carbocycles. The summed E-state index contributed by atoms with van der Waals surface area (Å²) in [5.74, 6) is -0.0675. The van der Waals surface area contributed by atoms with E-state index in [0.29, 0.717) is 0 Å². The van der Waals surface area contributed by atoms with E-state index in [1.165, 1.54) is 6.92 Å². The Morgan fingerprint density at radius 2 is 1.91 bits per heavy atom. The van der Waals surface area contributed by atoms with Crippen molar-refractivity contribution in [3.63, 3.8) is 0 Å². The fraction of sp³-hybridized carbons (Fsp3) is 0.125. The molecular formula is C8H8NOS. The minimum Gasteiger partial charge on any atom is -0.326 e. The Balaban J connectivity index is 2.74. The van der Waals surface area contributed by atoms with Crippen molar-refractivity contribution in [2.24, 2.45) is 0 Å². The maximum absolute atomic E-state index is 10.6. The molecule has 1 aromatic rings. The number of anilines is 1. The number of hydrogen-bond donors (Lipinski definition) is 1. The molecule has 0 saturated heterocycles. The lowest BCUT2D eigenvalue weighted by atomic mass is 10.3. The maximum Gasteiger partial charge on any atom is 0.221 e. The molecule has 3 heteroatoms. The van der Waals surface area contributed by atoms with Crippen LogP contribution < -0.4 is 5.32 Å². The van der Waals surface area contributed by atoms with Crippen LogP contribution in [0.2, 0.25) is 0 Å². The Hall–Kier alpha value is -1.09. The second kappa shape index (κ2) is 3.34. The van der Waals surface area contributed by atoms with Crippen LogP contribution in [0, 0.1) is 0 Å². The van der Waals surface area contributed by atoms with Crippen molar-refractivity contribution in [2.75, 3.05) is 5.32 Å². The molecule has 0 aliphatic carbocycles. The highest BCUT2D eigenvalue weighted by atomic mass is 32.1. The van der Waals surface area contributed by atoms with Gasteiger partial charge in [-0.3, -0.25) is 4.79 Å². The largest absolute Gasteiger partial charge is 0.326 e. The smallest absolute Gasteiger partial charge is 0.221 e. The predicted molar refractivity (Wildman–Crippen MR) is 46.6 cm³/mol. The highest BCUT2D eigenvalue weighted by Crippen LogP contribution is 2.11. The minimum atomic E-state index is -0.0675. The third-order valence-electron chi connectivity index (χ3n) is 1.17. The summed E-state index contributed by atoms with van der Waals surface area (Å²) in [6.07, 6.45) is 0. The molecule has 0 saturated carbocycles. The van der Waals surface area contributed by atoms with Gasteiger partial charge in [-0.2, -0.15) is 0 Å². The second-order valence-electron chi connectivity index (χ2n) is 2.21. The summed E-state index contributed by atoms with van der Waals surface area (Å²) in [6, 6.07) is 7.12. The van der Waals surface area contributed by atoms with E-state index < -0.39 is 0 Å². The van der Waals surface area contributed by atoms with Crippen LogP contribution in [0.4, 0.5) is 5.69 Å². The average Bonchev–Trinajstić information content (AvgIpc) is 1.93. The van der Waals surface area contributed by atoms with Gasteiger partial charge in [-0.1, -0.05) is 12.6 Å². The van der Waals surface area contributed by atoms with Gasteiger partial charge in [0.2, 0.25) is 5.91 Å². The van der Waals surface area contributed by atoms with Crippen LogP contribution in [0.3, 0.4) is 0 Å². The molecule has 0 spiro atoms. The molecule has 0 aliphatic rings. The van der Waals surface area contributed by atoms with E-state index in [0.717, 1.165) is 10.6 Å². The number of amides is 1. The molecule has 1 amide bonds. The molecule has 0 bridgehead atoms. The Kier molecular flexibility index (Phi) is 2.44. The fourth-order valence-electron chi connectivity index (χ4n) is 0.742. The van der Waals surface area contributed by atoms with Crippen molar-refractivity contribution in [3.8, 4) is 0 Å². The summed E-state index contributed by atoms with van der Waals surface area (Å²) in [6.45, 7) is 1.47. The maximum atomic E-state index is 10.6. The molecule has 1 radical (unpaired) electrons.